The first-order valence-corrected chi connectivity index (χ1v) is 9.31. The predicted octanol–water partition coefficient (Wildman–Crippen LogP) is 2.34. The van der Waals surface area contributed by atoms with Gasteiger partial charge in [-0.1, -0.05) is 12.1 Å². The van der Waals surface area contributed by atoms with Gasteiger partial charge in [-0.2, -0.15) is 0 Å². The first kappa shape index (κ1) is 25.0. The van der Waals surface area contributed by atoms with Gasteiger partial charge in [0.1, 0.15) is 12.0 Å². The van der Waals surface area contributed by atoms with E-state index in [0.29, 0.717) is 30.0 Å². The molecule has 2 heterocycles. The van der Waals surface area contributed by atoms with Crippen molar-refractivity contribution in [3.63, 3.8) is 0 Å². The number of furan rings is 1. The van der Waals surface area contributed by atoms with Crippen LogP contribution in [0.3, 0.4) is 0 Å². The summed E-state index contributed by atoms with van der Waals surface area (Å²) >= 11 is 0. The number of carbonyl (C=O) groups is 2. The molecular formula is C20H28Cl2N4O3. The monoisotopic (exact) mass is 442 g/mol. The lowest BCUT2D eigenvalue weighted by molar-refractivity contribution is 0.0940. The van der Waals surface area contributed by atoms with E-state index in [2.05, 4.69) is 15.5 Å². The van der Waals surface area contributed by atoms with Crippen LogP contribution in [0.25, 0.3) is 0 Å². The second-order valence-electron chi connectivity index (χ2n) is 6.69. The number of carbonyl (C=O) groups excluding carboxylic acids is 2. The Hall–Kier alpha value is -2.06. The largest absolute Gasteiger partial charge is 0.467 e. The summed E-state index contributed by atoms with van der Waals surface area (Å²) in [5.74, 6) is 0.278. The van der Waals surface area contributed by atoms with Crippen LogP contribution in [0.2, 0.25) is 0 Å². The fourth-order valence-electron chi connectivity index (χ4n) is 3.10. The molecule has 1 aliphatic heterocycles. The minimum atomic E-state index is -0.220. The predicted molar refractivity (Wildman–Crippen MR) is 117 cm³/mol. The van der Waals surface area contributed by atoms with Gasteiger partial charge in [0.2, 0.25) is 0 Å². The zero-order valence-electron chi connectivity index (χ0n) is 16.2. The first-order chi connectivity index (χ1) is 13.2. The van der Waals surface area contributed by atoms with Crippen molar-refractivity contribution >= 4 is 36.6 Å². The van der Waals surface area contributed by atoms with Crippen molar-refractivity contribution in [3.05, 3.63) is 59.0 Å². The molecule has 0 atom stereocenters. The minimum absolute atomic E-state index is 0. The number of amides is 2. The molecule has 7 nitrogen and oxygen atoms in total. The highest BCUT2D eigenvalue weighted by molar-refractivity contribution is 5.94. The van der Waals surface area contributed by atoms with Gasteiger partial charge in [0.05, 0.1) is 12.1 Å². The van der Waals surface area contributed by atoms with E-state index in [1.807, 2.05) is 12.1 Å². The highest BCUT2D eigenvalue weighted by atomic mass is 35.5. The van der Waals surface area contributed by atoms with Crippen LogP contribution in [0.1, 0.15) is 44.9 Å². The molecule has 0 saturated carbocycles. The highest BCUT2D eigenvalue weighted by Crippen LogP contribution is 2.09. The van der Waals surface area contributed by atoms with Crippen molar-refractivity contribution in [1.29, 1.82) is 0 Å². The standard InChI is InChI=1S/C20H26N4O3.2ClH/c21-12-18-11-17(14-27-18)20(26)23-13-15-3-5-16(6-4-15)19(25)22-7-10-24-8-1-2-9-24;;/h3-6,11,14H,1-2,7-10,12-13,21H2,(H,22,25)(H,23,26);2*1H. The quantitative estimate of drug-likeness (QED) is 0.582. The van der Waals surface area contributed by atoms with E-state index in [1.54, 1.807) is 18.2 Å². The average Bonchev–Trinajstić information content (AvgIpc) is 3.38. The summed E-state index contributed by atoms with van der Waals surface area (Å²) in [6, 6.07) is 8.87. The van der Waals surface area contributed by atoms with E-state index in [0.717, 1.165) is 25.2 Å². The summed E-state index contributed by atoms with van der Waals surface area (Å²) in [5, 5.41) is 5.77. The molecule has 1 saturated heterocycles. The zero-order chi connectivity index (χ0) is 19.1. The Morgan fingerprint density at radius 1 is 1.00 bits per heavy atom. The number of hydrogen-bond donors (Lipinski definition) is 3. The minimum Gasteiger partial charge on any atom is -0.467 e. The van der Waals surface area contributed by atoms with Gasteiger partial charge in [0, 0.05) is 25.2 Å². The van der Waals surface area contributed by atoms with Crippen molar-refractivity contribution in [2.24, 2.45) is 5.73 Å². The van der Waals surface area contributed by atoms with Crippen LogP contribution in [-0.4, -0.2) is 42.9 Å². The summed E-state index contributed by atoms with van der Waals surface area (Å²) in [4.78, 5) is 26.6. The van der Waals surface area contributed by atoms with Crippen LogP contribution in [-0.2, 0) is 13.1 Å². The molecule has 29 heavy (non-hydrogen) atoms. The number of benzene rings is 1. The third-order valence-corrected chi connectivity index (χ3v) is 4.70. The molecule has 0 radical (unpaired) electrons. The van der Waals surface area contributed by atoms with Crippen molar-refractivity contribution in [2.75, 3.05) is 26.2 Å². The average molecular weight is 443 g/mol. The molecule has 1 fully saturated rings. The molecule has 4 N–H and O–H groups in total. The fourth-order valence-corrected chi connectivity index (χ4v) is 3.10. The normalized spacial score (nSPS) is 13.3. The number of rotatable bonds is 8. The Balaban J connectivity index is 0.00000210. The van der Waals surface area contributed by atoms with E-state index >= 15 is 0 Å². The lowest BCUT2D eigenvalue weighted by Gasteiger charge is -2.14. The van der Waals surface area contributed by atoms with Crippen LogP contribution < -0.4 is 16.4 Å². The number of halogens is 2. The molecule has 0 bridgehead atoms. The number of nitrogens with zero attached hydrogens (tertiary/aromatic N) is 1. The van der Waals surface area contributed by atoms with Crippen molar-refractivity contribution in [1.82, 2.24) is 15.5 Å². The summed E-state index contributed by atoms with van der Waals surface area (Å²) in [5.41, 5.74) is 7.45. The zero-order valence-corrected chi connectivity index (χ0v) is 17.8. The van der Waals surface area contributed by atoms with E-state index in [9.17, 15) is 9.59 Å². The highest BCUT2D eigenvalue weighted by Gasteiger charge is 2.12. The van der Waals surface area contributed by atoms with Crippen molar-refractivity contribution < 1.29 is 14.0 Å². The molecule has 1 aliphatic rings. The van der Waals surface area contributed by atoms with Crippen molar-refractivity contribution in [2.45, 2.75) is 25.9 Å². The Morgan fingerprint density at radius 3 is 2.28 bits per heavy atom. The second kappa shape index (κ2) is 12.5. The summed E-state index contributed by atoms with van der Waals surface area (Å²) < 4.78 is 5.16. The maximum Gasteiger partial charge on any atom is 0.254 e. The summed E-state index contributed by atoms with van der Waals surface area (Å²) in [6.45, 7) is 4.45. The lowest BCUT2D eigenvalue weighted by Crippen LogP contribution is -2.33. The molecule has 1 aromatic carbocycles. The van der Waals surface area contributed by atoms with Crippen molar-refractivity contribution in [3.8, 4) is 0 Å². The topological polar surface area (TPSA) is 101 Å². The van der Waals surface area contributed by atoms with E-state index < -0.39 is 0 Å². The maximum atomic E-state index is 12.2. The number of nitrogens with one attached hydrogen (secondary N) is 2. The molecule has 160 valence electrons. The summed E-state index contributed by atoms with van der Waals surface area (Å²) in [6.07, 6.45) is 3.90. The molecule has 0 spiro atoms. The third-order valence-electron chi connectivity index (χ3n) is 4.70. The van der Waals surface area contributed by atoms with Gasteiger partial charge < -0.3 is 25.7 Å². The van der Waals surface area contributed by atoms with Crippen LogP contribution in [0.15, 0.2) is 41.0 Å². The van der Waals surface area contributed by atoms with Gasteiger partial charge in [0.15, 0.2) is 0 Å². The Bertz CT molecular complexity index is 774. The molecule has 1 aromatic heterocycles. The second-order valence-corrected chi connectivity index (χ2v) is 6.69. The van der Waals surface area contributed by atoms with Crippen LogP contribution >= 0.6 is 24.8 Å². The van der Waals surface area contributed by atoms with Gasteiger partial charge in [0.25, 0.3) is 11.8 Å². The molecule has 3 rings (SSSR count). The molecular weight excluding hydrogens is 415 g/mol. The Kier molecular flexibility index (Phi) is 10.8. The van der Waals surface area contributed by atoms with Crippen LogP contribution in [0.4, 0.5) is 0 Å². The fraction of sp³-hybridized carbons (Fsp3) is 0.400. The van der Waals surface area contributed by atoms with Gasteiger partial charge in [-0.3, -0.25) is 9.59 Å². The molecule has 2 amide bonds. The molecule has 0 unspecified atom stereocenters. The van der Waals surface area contributed by atoms with Gasteiger partial charge >= 0.3 is 0 Å². The molecule has 2 aromatic rings. The van der Waals surface area contributed by atoms with Gasteiger partial charge in [-0.15, -0.1) is 24.8 Å². The molecule has 9 heteroatoms. The summed E-state index contributed by atoms with van der Waals surface area (Å²) in [7, 11) is 0. The van der Waals surface area contributed by atoms with E-state index in [1.165, 1.54) is 19.1 Å². The Morgan fingerprint density at radius 2 is 1.66 bits per heavy atom. The van der Waals surface area contributed by atoms with Gasteiger partial charge in [-0.25, -0.2) is 0 Å². The van der Waals surface area contributed by atoms with Gasteiger partial charge in [-0.05, 0) is 49.7 Å². The lowest BCUT2D eigenvalue weighted by atomic mass is 10.1. The van der Waals surface area contributed by atoms with E-state index in [4.69, 9.17) is 10.2 Å². The SMILES string of the molecule is Cl.Cl.NCc1cc(C(=O)NCc2ccc(C(=O)NCCN3CCCC3)cc2)co1. The number of nitrogens with two attached hydrogens (primary N) is 1. The number of hydrogen-bond acceptors (Lipinski definition) is 5. The third kappa shape index (κ3) is 7.36. The smallest absolute Gasteiger partial charge is 0.254 e. The Labute approximate surface area is 183 Å². The van der Waals surface area contributed by atoms with Crippen LogP contribution in [0.5, 0.6) is 0 Å². The van der Waals surface area contributed by atoms with Crippen LogP contribution in [0, 0.1) is 0 Å². The molecule has 0 aliphatic carbocycles. The van der Waals surface area contributed by atoms with E-state index in [-0.39, 0.29) is 43.2 Å². The maximum absolute atomic E-state index is 12.2. The first-order valence-electron chi connectivity index (χ1n) is 9.31. The number of likely N-dealkylation sites (tertiary alicyclic amines) is 1.